The fourth-order valence-electron chi connectivity index (χ4n) is 1.46. The molecule has 0 aliphatic heterocycles. The Morgan fingerprint density at radius 3 is 2.68 bits per heavy atom. The lowest BCUT2D eigenvalue weighted by atomic mass is 10.2. The van der Waals surface area contributed by atoms with Gasteiger partial charge in [-0.05, 0) is 32.2 Å². The first-order valence-electron chi connectivity index (χ1n) is 5.55. The molecule has 0 bridgehead atoms. The summed E-state index contributed by atoms with van der Waals surface area (Å²) in [4.78, 5) is 4.13. The number of benzene rings is 1. The summed E-state index contributed by atoms with van der Waals surface area (Å²) in [5, 5.41) is 6.84. The summed E-state index contributed by atoms with van der Waals surface area (Å²) in [6, 6.07) is 3.68. The van der Waals surface area contributed by atoms with E-state index in [2.05, 4.69) is 15.5 Å². The smallest absolute Gasteiger partial charge is 0.258 e. The molecule has 104 valence electrons. The molecule has 2 rings (SSSR count). The molecule has 1 unspecified atom stereocenters. The molecule has 0 aliphatic rings. The van der Waals surface area contributed by atoms with E-state index < -0.39 is 11.6 Å². The van der Waals surface area contributed by atoms with Crippen molar-refractivity contribution in [2.75, 3.05) is 7.05 Å². The summed E-state index contributed by atoms with van der Waals surface area (Å²) < 4.78 is 30.9. The maximum absolute atomic E-state index is 13.1. The van der Waals surface area contributed by atoms with Crippen LogP contribution >= 0.6 is 12.4 Å². The predicted molar refractivity (Wildman–Crippen MR) is 69.1 cm³/mol. The zero-order chi connectivity index (χ0) is 13.1. The largest absolute Gasteiger partial charge is 0.334 e. The van der Waals surface area contributed by atoms with E-state index in [0.29, 0.717) is 17.8 Å². The summed E-state index contributed by atoms with van der Waals surface area (Å²) >= 11 is 0. The van der Waals surface area contributed by atoms with Gasteiger partial charge in [-0.2, -0.15) is 4.98 Å². The molecule has 0 saturated carbocycles. The van der Waals surface area contributed by atoms with Crippen LogP contribution in [0.2, 0.25) is 0 Å². The molecule has 2 aromatic rings. The fraction of sp³-hybridized carbons (Fsp3) is 0.333. The molecule has 0 radical (unpaired) electrons. The lowest BCUT2D eigenvalue weighted by Crippen LogP contribution is -2.24. The summed E-state index contributed by atoms with van der Waals surface area (Å²) in [5.74, 6) is -1.12. The van der Waals surface area contributed by atoms with E-state index in [-0.39, 0.29) is 24.3 Å². The Hall–Kier alpha value is -1.53. The molecule has 1 aromatic heterocycles. The normalized spacial score (nSPS) is 12.0. The molecule has 1 aromatic carbocycles. The third-order valence-corrected chi connectivity index (χ3v) is 2.62. The van der Waals surface area contributed by atoms with Crippen molar-refractivity contribution in [3.05, 3.63) is 35.7 Å². The van der Waals surface area contributed by atoms with Crippen molar-refractivity contribution < 1.29 is 13.3 Å². The molecule has 7 heteroatoms. The van der Waals surface area contributed by atoms with Crippen molar-refractivity contribution in [3.63, 3.8) is 0 Å². The summed E-state index contributed by atoms with van der Waals surface area (Å²) in [5.41, 5.74) is 0.366. The molecular weight excluding hydrogens is 276 g/mol. The molecule has 0 fully saturated rings. The van der Waals surface area contributed by atoms with Gasteiger partial charge < -0.3 is 9.84 Å². The second-order valence-electron chi connectivity index (χ2n) is 4.04. The maximum atomic E-state index is 13.1. The van der Waals surface area contributed by atoms with Crippen molar-refractivity contribution in [1.29, 1.82) is 0 Å². The van der Waals surface area contributed by atoms with Crippen LogP contribution in [0.5, 0.6) is 0 Å². The van der Waals surface area contributed by atoms with Crippen molar-refractivity contribution in [3.8, 4) is 11.5 Å². The number of hydrogen-bond acceptors (Lipinski definition) is 4. The summed E-state index contributed by atoms with van der Waals surface area (Å²) in [6.45, 7) is 1.98. The van der Waals surface area contributed by atoms with Gasteiger partial charge in [0.1, 0.15) is 0 Å². The zero-order valence-electron chi connectivity index (χ0n) is 10.5. The molecule has 1 N–H and O–H groups in total. The molecule has 19 heavy (non-hydrogen) atoms. The highest BCUT2D eigenvalue weighted by Crippen LogP contribution is 2.19. The topological polar surface area (TPSA) is 51.0 Å². The van der Waals surface area contributed by atoms with Gasteiger partial charge in [0, 0.05) is 18.0 Å². The average Bonchev–Trinajstić information content (AvgIpc) is 2.81. The Kier molecular flexibility index (Phi) is 5.38. The SMILES string of the molecule is CNC(C)Cc1noc(-c2ccc(F)c(F)c2)n1.Cl. The standard InChI is InChI=1S/C12H13F2N3O.ClH/c1-7(15-2)5-11-16-12(18-17-11)8-3-4-9(13)10(14)6-8;/h3-4,6-7,15H,5H2,1-2H3;1H. The second-order valence-corrected chi connectivity index (χ2v) is 4.04. The fourth-order valence-corrected chi connectivity index (χ4v) is 1.46. The van der Waals surface area contributed by atoms with Crippen molar-refractivity contribution in [2.45, 2.75) is 19.4 Å². The minimum atomic E-state index is -0.934. The first-order chi connectivity index (χ1) is 8.60. The van der Waals surface area contributed by atoms with Crippen LogP contribution in [0.25, 0.3) is 11.5 Å². The highest BCUT2D eigenvalue weighted by atomic mass is 35.5. The molecule has 1 heterocycles. The van der Waals surface area contributed by atoms with Crippen LogP contribution in [-0.2, 0) is 6.42 Å². The summed E-state index contributed by atoms with van der Waals surface area (Å²) in [6.07, 6.45) is 0.601. The average molecular weight is 290 g/mol. The molecule has 1 atom stereocenters. The first kappa shape index (κ1) is 15.5. The lowest BCUT2D eigenvalue weighted by Gasteiger charge is -2.04. The molecule has 0 amide bonds. The van der Waals surface area contributed by atoms with E-state index in [4.69, 9.17) is 4.52 Å². The minimum absolute atomic E-state index is 0. The number of nitrogens with one attached hydrogen (secondary N) is 1. The van der Waals surface area contributed by atoms with Gasteiger partial charge in [0.05, 0.1) is 0 Å². The molecular formula is C12H14ClF2N3O. The van der Waals surface area contributed by atoms with Crippen LogP contribution < -0.4 is 5.32 Å². The van der Waals surface area contributed by atoms with Crippen molar-refractivity contribution in [1.82, 2.24) is 15.5 Å². The quantitative estimate of drug-likeness (QED) is 0.940. The van der Waals surface area contributed by atoms with E-state index in [9.17, 15) is 8.78 Å². The van der Waals surface area contributed by atoms with Crippen LogP contribution in [0.15, 0.2) is 22.7 Å². The Labute approximate surface area is 115 Å². The van der Waals surface area contributed by atoms with Gasteiger partial charge in [-0.25, -0.2) is 8.78 Å². The second kappa shape index (κ2) is 6.58. The monoisotopic (exact) mass is 289 g/mol. The number of halogens is 3. The Balaban J connectivity index is 0.00000180. The number of nitrogens with zero attached hydrogens (tertiary/aromatic N) is 2. The van der Waals surface area contributed by atoms with Gasteiger partial charge in [0.15, 0.2) is 17.5 Å². The third kappa shape index (κ3) is 3.71. The van der Waals surface area contributed by atoms with E-state index in [1.54, 1.807) is 0 Å². The van der Waals surface area contributed by atoms with E-state index >= 15 is 0 Å². The number of hydrogen-bond donors (Lipinski definition) is 1. The van der Waals surface area contributed by atoms with E-state index in [1.165, 1.54) is 6.07 Å². The van der Waals surface area contributed by atoms with Gasteiger partial charge in [-0.3, -0.25) is 0 Å². The van der Waals surface area contributed by atoms with Crippen LogP contribution in [0.4, 0.5) is 8.78 Å². The van der Waals surface area contributed by atoms with Gasteiger partial charge in [-0.15, -0.1) is 12.4 Å². The highest BCUT2D eigenvalue weighted by Gasteiger charge is 2.12. The first-order valence-corrected chi connectivity index (χ1v) is 5.55. The predicted octanol–water partition coefficient (Wildman–Crippen LogP) is 2.59. The van der Waals surface area contributed by atoms with Gasteiger partial charge in [-0.1, -0.05) is 5.16 Å². The Morgan fingerprint density at radius 1 is 1.32 bits per heavy atom. The van der Waals surface area contributed by atoms with Crippen LogP contribution in [0, 0.1) is 11.6 Å². The summed E-state index contributed by atoms with van der Waals surface area (Å²) in [7, 11) is 1.83. The molecule has 0 saturated heterocycles. The number of aromatic nitrogens is 2. The maximum Gasteiger partial charge on any atom is 0.258 e. The van der Waals surface area contributed by atoms with E-state index in [1.807, 2.05) is 14.0 Å². The lowest BCUT2D eigenvalue weighted by molar-refractivity contribution is 0.417. The van der Waals surface area contributed by atoms with Crippen LogP contribution in [-0.4, -0.2) is 23.2 Å². The number of likely N-dealkylation sites (N-methyl/N-ethyl adjacent to an activating group) is 1. The van der Waals surface area contributed by atoms with Gasteiger partial charge in [0.25, 0.3) is 5.89 Å². The van der Waals surface area contributed by atoms with Crippen molar-refractivity contribution in [2.24, 2.45) is 0 Å². The van der Waals surface area contributed by atoms with E-state index in [0.717, 1.165) is 12.1 Å². The van der Waals surface area contributed by atoms with Crippen molar-refractivity contribution >= 4 is 12.4 Å². The molecule has 4 nitrogen and oxygen atoms in total. The Bertz CT molecular complexity index is 548. The van der Waals surface area contributed by atoms with Crippen LogP contribution in [0.3, 0.4) is 0 Å². The molecule has 0 spiro atoms. The Morgan fingerprint density at radius 2 is 2.05 bits per heavy atom. The number of rotatable bonds is 4. The van der Waals surface area contributed by atoms with Gasteiger partial charge in [0.2, 0.25) is 0 Å². The van der Waals surface area contributed by atoms with Gasteiger partial charge >= 0.3 is 0 Å². The zero-order valence-corrected chi connectivity index (χ0v) is 11.3. The highest BCUT2D eigenvalue weighted by molar-refractivity contribution is 5.85. The van der Waals surface area contributed by atoms with Crippen LogP contribution in [0.1, 0.15) is 12.7 Å². The third-order valence-electron chi connectivity index (χ3n) is 2.62. The minimum Gasteiger partial charge on any atom is -0.334 e. The molecule has 0 aliphatic carbocycles.